The molecule has 100 valence electrons. The monoisotopic (exact) mass is 259 g/mol. The summed E-state index contributed by atoms with van der Waals surface area (Å²) in [5, 5.41) is 20.1. The molecular weight excluding hydrogens is 242 g/mol. The second kappa shape index (κ2) is 3.81. The number of carbonyl (C=O) groups excluding carboxylic acids is 1. The fourth-order valence-electron chi connectivity index (χ4n) is 2.24. The average molecular weight is 259 g/mol. The van der Waals surface area contributed by atoms with E-state index in [1.165, 1.54) is 0 Å². The normalized spacial score (nSPS) is 14.5. The van der Waals surface area contributed by atoms with E-state index >= 15 is 0 Å². The highest BCUT2D eigenvalue weighted by Crippen LogP contribution is 2.42. The smallest absolute Gasteiger partial charge is 0.270 e. The lowest BCUT2D eigenvalue weighted by Gasteiger charge is -2.29. The Morgan fingerprint density at radius 3 is 2.84 bits per heavy atom. The van der Waals surface area contributed by atoms with Crippen LogP contribution in [0.15, 0.2) is 12.1 Å². The van der Waals surface area contributed by atoms with Gasteiger partial charge in [0.1, 0.15) is 11.2 Å². The van der Waals surface area contributed by atoms with Crippen molar-refractivity contribution in [2.24, 2.45) is 5.41 Å². The lowest BCUT2D eigenvalue weighted by atomic mass is 9.87. The highest BCUT2D eigenvalue weighted by molar-refractivity contribution is 6.14. The van der Waals surface area contributed by atoms with E-state index in [4.69, 9.17) is 0 Å². The molecule has 0 aromatic carbocycles. The number of carbonyl (C=O) groups is 1. The lowest BCUT2D eigenvalue weighted by molar-refractivity contribution is 0.0844. The van der Waals surface area contributed by atoms with Crippen LogP contribution < -0.4 is 5.32 Å². The third-order valence-corrected chi connectivity index (χ3v) is 3.65. The minimum absolute atomic E-state index is 0.0855. The van der Waals surface area contributed by atoms with E-state index in [0.29, 0.717) is 5.69 Å². The van der Waals surface area contributed by atoms with Crippen molar-refractivity contribution in [3.63, 3.8) is 0 Å². The fraction of sp³-hybridized carbons (Fsp3) is 0.429. The third-order valence-electron chi connectivity index (χ3n) is 3.65. The number of rotatable bonds is 3. The van der Waals surface area contributed by atoms with Crippen LogP contribution in [0.4, 0.5) is 0 Å². The van der Waals surface area contributed by atoms with Crippen molar-refractivity contribution in [2.45, 2.75) is 26.8 Å². The molecule has 0 bridgehead atoms. The zero-order chi connectivity index (χ0) is 13.8. The number of aromatic nitrogens is 2. The Morgan fingerprint density at radius 2 is 2.21 bits per heavy atom. The van der Waals surface area contributed by atoms with Gasteiger partial charge in [0.05, 0.1) is 12.6 Å². The van der Waals surface area contributed by atoms with E-state index < -0.39 is 0 Å². The first kappa shape index (κ1) is 12.2. The van der Waals surface area contributed by atoms with Gasteiger partial charge in [0.25, 0.3) is 5.91 Å². The van der Waals surface area contributed by atoms with E-state index in [2.05, 4.69) is 15.5 Å². The molecule has 0 spiro atoms. The number of aliphatic hydroxyl groups excluding tert-OH is 1. The SMILES string of the molecule is CC(C)(C)[C@@H](CO)NC(=O)c1[nH]nc2c3cc-3cc12. The van der Waals surface area contributed by atoms with Gasteiger partial charge in [0.2, 0.25) is 0 Å². The first-order chi connectivity index (χ1) is 8.91. The van der Waals surface area contributed by atoms with E-state index in [1.807, 2.05) is 32.9 Å². The van der Waals surface area contributed by atoms with Crippen molar-refractivity contribution in [3.8, 4) is 11.1 Å². The van der Waals surface area contributed by atoms with Crippen molar-refractivity contribution in [2.75, 3.05) is 6.61 Å². The number of nitrogens with zero attached hydrogens (tertiary/aromatic N) is 1. The van der Waals surface area contributed by atoms with Gasteiger partial charge in [0, 0.05) is 10.9 Å². The Kier molecular flexibility index (Phi) is 2.44. The summed E-state index contributed by atoms with van der Waals surface area (Å²) in [7, 11) is 0. The predicted molar refractivity (Wildman–Crippen MR) is 72.9 cm³/mol. The lowest BCUT2D eigenvalue weighted by Crippen LogP contribution is -2.46. The zero-order valence-electron chi connectivity index (χ0n) is 11.2. The van der Waals surface area contributed by atoms with Crippen LogP contribution in [0.3, 0.4) is 0 Å². The van der Waals surface area contributed by atoms with Crippen molar-refractivity contribution in [1.29, 1.82) is 0 Å². The first-order valence-electron chi connectivity index (χ1n) is 6.36. The van der Waals surface area contributed by atoms with Crippen molar-refractivity contribution in [1.82, 2.24) is 15.5 Å². The van der Waals surface area contributed by atoms with Crippen molar-refractivity contribution >= 4 is 16.8 Å². The summed E-state index contributed by atoms with van der Waals surface area (Å²) in [5.74, 6) is -0.221. The van der Waals surface area contributed by atoms with Crippen molar-refractivity contribution < 1.29 is 9.90 Å². The molecule has 19 heavy (non-hydrogen) atoms. The maximum absolute atomic E-state index is 12.3. The molecule has 0 fully saturated rings. The van der Waals surface area contributed by atoms with Gasteiger partial charge in [-0.2, -0.15) is 5.10 Å². The number of fused-ring (bicyclic) bond motifs is 3. The molecule has 1 atom stereocenters. The van der Waals surface area contributed by atoms with Crippen LogP contribution in [0.2, 0.25) is 0 Å². The highest BCUT2D eigenvalue weighted by atomic mass is 16.3. The fourth-order valence-corrected chi connectivity index (χ4v) is 2.24. The molecule has 1 aromatic rings. The molecule has 0 radical (unpaired) electrons. The van der Waals surface area contributed by atoms with Gasteiger partial charge in [-0.05, 0) is 23.1 Å². The minimum atomic E-state index is -0.290. The molecule has 0 saturated carbocycles. The molecule has 3 rings (SSSR count). The molecule has 0 aliphatic heterocycles. The summed E-state index contributed by atoms with van der Waals surface area (Å²) in [4.78, 5) is 12.3. The largest absolute Gasteiger partial charge is 0.394 e. The molecule has 2 aliphatic carbocycles. The summed E-state index contributed by atoms with van der Waals surface area (Å²) >= 11 is 0. The summed E-state index contributed by atoms with van der Waals surface area (Å²) in [6, 6.07) is 3.71. The molecule has 0 unspecified atom stereocenters. The van der Waals surface area contributed by atoms with Gasteiger partial charge < -0.3 is 10.4 Å². The molecular formula is C14H17N3O2. The highest BCUT2D eigenvalue weighted by Gasteiger charge is 2.29. The van der Waals surface area contributed by atoms with Crippen LogP contribution in [-0.2, 0) is 0 Å². The average Bonchev–Trinajstić information content (AvgIpc) is 2.82. The molecule has 2 aliphatic rings. The standard InChI is InChI=1S/C14H17N3O2/c1-14(2,3)10(6-18)15-13(19)12-9-5-7-4-8(7)11(9)16-17-12/h4-5,10,18H,6H2,1-3H3,(H,15,19)(H,16,17)/t10-/m1/s1. The maximum atomic E-state index is 12.3. The Labute approximate surface area is 111 Å². The molecule has 1 aromatic heterocycles. The first-order valence-corrected chi connectivity index (χ1v) is 6.36. The molecule has 5 nitrogen and oxygen atoms in total. The van der Waals surface area contributed by atoms with Gasteiger partial charge >= 0.3 is 0 Å². The molecule has 5 heteroatoms. The van der Waals surface area contributed by atoms with E-state index in [-0.39, 0.29) is 24.0 Å². The predicted octanol–water partition coefficient (Wildman–Crippen LogP) is 1.68. The number of nitrogens with one attached hydrogen (secondary N) is 2. The Morgan fingerprint density at radius 1 is 1.47 bits per heavy atom. The van der Waals surface area contributed by atoms with Gasteiger partial charge in [-0.25, -0.2) is 0 Å². The van der Waals surface area contributed by atoms with Gasteiger partial charge in [-0.15, -0.1) is 0 Å². The minimum Gasteiger partial charge on any atom is -0.394 e. The third kappa shape index (κ3) is 1.90. The van der Waals surface area contributed by atoms with Crippen molar-refractivity contribution in [3.05, 3.63) is 17.8 Å². The summed E-state index contributed by atoms with van der Waals surface area (Å²) in [6.45, 7) is 5.85. The van der Waals surface area contributed by atoms with Crippen LogP contribution in [0.5, 0.6) is 0 Å². The van der Waals surface area contributed by atoms with Gasteiger partial charge in [-0.3, -0.25) is 9.89 Å². The van der Waals surface area contributed by atoms with Crippen LogP contribution in [0.1, 0.15) is 31.3 Å². The Balaban J connectivity index is 1.85. The number of aliphatic hydroxyl groups is 1. The van der Waals surface area contributed by atoms with Crippen LogP contribution in [-0.4, -0.2) is 33.9 Å². The number of hydrogen-bond donors (Lipinski definition) is 3. The summed E-state index contributed by atoms with van der Waals surface area (Å²) in [6.07, 6.45) is 0. The Hall–Kier alpha value is -1.88. The molecule has 1 heterocycles. The summed E-state index contributed by atoms with van der Waals surface area (Å²) < 4.78 is 0. The van der Waals surface area contributed by atoms with E-state index in [9.17, 15) is 9.90 Å². The second-order valence-electron chi connectivity index (χ2n) is 6.09. The number of aromatic amines is 1. The van der Waals surface area contributed by atoms with Gasteiger partial charge in [-0.1, -0.05) is 20.8 Å². The Bertz CT molecular complexity index is 667. The molecule has 1 amide bonds. The zero-order valence-corrected chi connectivity index (χ0v) is 11.2. The van der Waals surface area contributed by atoms with Crippen LogP contribution >= 0.6 is 0 Å². The quantitative estimate of drug-likeness (QED) is 0.669. The summed E-state index contributed by atoms with van der Waals surface area (Å²) in [5.41, 5.74) is 3.42. The van der Waals surface area contributed by atoms with Crippen LogP contribution in [0.25, 0.3) is 22.0 Å². The second-order valence-corrected chi connectivity index (χ2v) is 6.09. The van der Waals surface area contributed by atoms with Gasteiger partial charge in [0.15, 0.2) is 0 Å². The number of amides is 1. The van der Waals surface area contributed by atoms with Crippen LogP contribution in [0, 0.1) is 5.41 Å². The topological polar surface area (TPSA) is 78.0 Å². The van der Waals surface area contributed by atoms with E-state index in [1.54, 1.807) is 0 Å². The van der Waals surface area contributed by atoms with E-state index in [0.717, 1.165) is 22.0 Å². The molecule has 3 N–H and O–H groups in total. The maximum Gasteiger partial charge on any atom is 0.270 e. The number of hydrogen-bond acceptors (Lipinski definition) is 3. The number of benzene rings is 1. The molecule has 0 saturated heterocycles. The number of H-pyrrole nitrogens is 1.